The minimum Gasteiger partial charge on any atom is -0.354 e. The lowest BCUT2D eigenvalue weighted by atomic mass is 10.1. The number of hydrogen-bond acceptors (Lipinski definition) is 4. The number of carbonyl (C=O) groups excluding carboxylic acids is 1. The quantitative estimate of drug-likeness (QED) is 0.714. The molecular formula is C18H18FN5O. The number of carbonyl (C=O) groups is 1. The largest absolute Gasteiger partial charge is 0.354 e. The lowest BCUT2D eigenvalue weighted by molar-refractivity contribution is -0.124. The van der Waals surface area contributed by atoms with Crippen LogP contribution < -0.4 is 5.32 Å². The molecule has 1 N–H and O–H groups in total. The van der Waals surface area contributed by atoms with E-state index in [0.29, 0.717) is 19.4 Å². The second kappa shape index (κ2) is 8.14. The Morgan fingerprint density at radius 3 is 2.52 bits per heavy atom. The van der Waals surface area contributed by atoms with E-state index >= 15 is 0 Å². The molecule has 0 saturated heterocycles. The van der Waals surface area contributed by atoms with E-state index in [9.17, 15) is 9.18 Å². The highest BCUT2D eigenvalue weighted by atomic mass is 19.1. The van der Waals surface area contributed by atoms with E-state index < -0.39 is 6.04 Å². The average molecular weight is 339 g/mol. The zero-order chi connectivity index (χ0) is 17.5. The molecule has 0 spiro atoms. The number of amides is 1. The normalized spacial score (nSPS) is 11.9. The average Bonchev–Trinajstić information content (AvgIpc) is 3.16. The smallest absolute Gasteiger partial charge is 0.245 e. The Kier molecular flexibility index (Phi) is 5.46. The molecule has 0 unspecified atom stereocenters. The van der Waals surface area contributed by atoms with E-state index in [-0.39, 0.29) is 11.7 Å². The summed E-state index contributed by atoms with van der Waals surface area (Å²) in [6.45, 7) is 0.456. The summed E-state index contributed by atoms with van der Waals surface area (Å²) in [5.41, 5.74) is 1.99. The van der Waals surface area contributed by atoms with Crippen molar-refractivity contribution < 1.29 is 9.18 Å². The third-order valence-corrected chi connectivity index (χ3v) is 3.88. The summed E-state index contributed by atoms with van der Waals surface area (Å²) in [7, 11) is 0. The van der Waals surface area contributed by atoms with Crippen LogP contribution in [-0.4, -0.2) is 32.7 Å². The monoisotopic (exact) mass is 339 g/mol. The van der Waals surface area contributed by atoms with Crippen molar-refractivity contribution in [2.45, 2.75) is 18.9 Å². The van der Waals surface area contributed by atoms with Crippen LogP contribution in [0, 0.1) is 5.82 Å². The molecule has 3 aromatic rings. The molecule has 3 rings (SSSR count). The number of tetrazole rings is 1. The molecule has 0 aliphatic carbocycles. The van der Waals surface area contributed by atoms with Gasteiger partial charge in [0.15, 0.2) is 0 Å². The maximum absolute atomic E-state index is 12.9. The van der Waals surface area contributed by atoms with Gasteiger partial charge >= 0.3 is 0 Å². The van der Waals surface area contributed by atoms with Crippen LogP contribution >= 0.6 is 0 Å². The van der Waals surface area contributed by atoms with Gasteiger partial charge in [-0.2, -0.15) is 0 Å². The second-order valence-corrected chi connectivity index (χ2v) is 5.66. The number of rotatable bonds is 7. The Bertz CT molecular complexity index is 790. The summed E-state index contributed by atoms with van der Waals surface area (Å²) in [4.78, 5) is 12.6. The highest BCUT2D eigenvalue weighted by molar-refractivity contribution is 5.80. The van der Waals surface area contributed by atoms with Gasteiger partial charge in [-0.15, -0.1) is 5.10 Å². The van der Waals surface area contributed by atoms with Crippen LogP contribution in [0.4, 0.5) is 4.39 Å². The first kappa shape index (κ1) is 16.8. The van der Waals surface area contributed by atoms with E-state index in [4.69, 9.17) is 0 Å². The van der Waals surface area contributed by atoms with Gasteiger partial charge in [-0.05, 0) is 40.1 Å². The molecule has 0 saturated carbocycles. The van der Waals surface area contributed by atoms with Crippen LogP contribution in [0.3, 0.4) is 0 Å². The third kappa shape index (κ3) is 4.69. The van der Waals surface area contributed by atoms with Crippen LogP contribution in [0.2, 0.25) is 0 Å². The van der Waals surface area contributed by atoms with Crippen LogP contribution in [0.15, 0.2) is 60.9 Å². The van der Waals surface area contributed by atoms with Crippen molar-refractivity contribution in [3.63, 3.8) is 0 Å². The number of hydrogen-bond donors (Lipinski definition) is 1. The Balaban J connectivity index is 1.62. The molecule has 0 aliphatic heterocycles. The third-order valence-electron chi connectivity index (χ3n) is 3.88. The van der Waals surface area contributed by atoms with Crippen molar-refractivity contribution in [1.29, 1.82) is 0 Å². The van der Waals surface area contributed by atoms with Crippen LogP contribution in [0.1, 0.15) is 17.2 Å². The Labute approximate surface area is 144 Å². The van der Waals surface area contributed by atoms with Crippen molar-refractivity contribution in [3.05, 3.63) is 77.9 Å². The standard InChI is InChI=1S/C18H18FN5O/c19-16-8-6-14(7-9-16)10-11-20-18(25)17(24-13-21-22-23-24)12-15-4-2-1-3-5-15/h1-9,13,17H,10-12H2,(H,20,25)/t17-/m1/s1. The molecule has 128 valence electrons. The number of halogens is 1. The Morgan fingerprint density at radius 1 is 1.08 bits per heavy atom. The van der Waals surface area contributed by atoms with Gasteiger partial charge in [0.1, 0.15) is 18.2 Å². The molecule has 0 aliphatic rings. The summed E-state index contributed by atoms with van der Waals surface area (Å²) in [5.74, 6) is -0.423. The van der Waals surface area contributed by atoms with Crippen LogP contribution in [0.25, 0.3) is 0 Å². The first-order valence-electron chi connectivity index (χ1n) is 8.01. The first-order chi connectivity index (χ1) is 12.2. The molecule has 1 heterocycles. The van der Waals surface area contributed by atoms with Gasteiger partial charge in [-0.1, -0.05) is 42.5 Å². The van der Waals surface area contributed by atoms with Gasteiger partial charge in [0, 0.05) is 13.0 Å². The molecule has 6 nitrogen and oxygen atoms in total. The van der Waals surface area contributed by atoms with Gasteiger partial charge in [0.2, 0.25) is 5.91 Å². The van der Waals surface area contributed by atoms with Gasteiger partial charge in [0.05, 0.1) is 0 Å². The van der Waals surface area contributed by atoms with E-state index in [2.05, 4.69) is 20.8 Å². The molecule has 7 heteroatoms. The van der Waals surface area contributed by atoms with Crippen LogP contribution in [0.5, 0.6) is 0 Å². The van der Waals surface area contributed by atoms with Crippen molar-refractivity contribution in [2.75, 3.05) is 6.54 Å². The van der Waals surface area contributed by atoms with Crippen LogP contribution in [-0.2, 0) is 17.6 Å². The molecular weight excluding hydrogens is 321 g/mol. The van der Waals surface area contributed by atoms with E-state index in [1.807, 2.05) is 30.3 Å². The number of nitrogens with zero attached hydrogens (tertiary/aromatic N) is 4. The van der Waals surface area contributed by atoms with E-state index in [1.165, 1.54) is 23.1 Å². The zero-order valence-corrected chi connectivity index (χ0v) is 13.5. The maximum atomic E-state index is 12.9. The van der Waals surface area contributed by atoms with Gasteiger partial charge in [-0.3, -0.25) is 4.79 Å². The van der Waals surface area contributed by atoms with Crippen molar-refractivity contribution in [3.8, 4) is 0 Å². The van der Waals surface area contributed by atoms with Crippen molar-refractivity contribution >= 4 is 5.91 Å². The maximum Gasteiger partial charge on any atom is 0.245 e. The number of nitrogens with one attached hydrogen (secondary N) is 1. The number of benzene rings is 2. The summed E-state index contributed by atoms with van der Waals surface area (Å²) in [6, 6.07) is 15.4. The molecule has 2 aromatic carbocycles. The van der Waals surface area contributed by atoms with Crippen molar-refractivity contribution in [1.82, 2.24) is 25.5 Å². The molecule has 1 atom stereocenters. The first-order valence-corrected chi connectivity index (χ1v) is 8.01. The molecule has 1 aromatic heterocycles. The lowest BCUT2D eigenvalue weighted by Gasteiger charge is -2.16. The molecule has 1 amide bonds. The molecule has 0 radical (unpaired) electrons. The summed E-state index contributed by atoms with van der Waals surface area (Å²) < 4.78 is 14.4. The van der Waals surface area contributed by atoms with Gasteiger partial charge < -0.3 is 5.32 Å². The van der Waals surface area contributed by atoms with Gasteiger partial charge in [0.25, 0.3) is 0 Å². The summed E-state index contributed by atoms with van der Waals surface area (Å²) in [6.07, 6.45) is 2.56. The SMILES string of the molecule is O=C(NCCc1ccc(F)cc1)[C@@H](Cc1ccccc1)n1cnnn1. The predicted octanol–water partition coefficient (Wildman–Crippen LogP) is 1.95. The fourth-order valence-electron chi connectivity index (χ4n) is 2.55. The predicted molar refractivity (Wildman–Crippen MR) is 90.1 cm³/mol. The Hall–Kier alpha value is -3.09. The number of aromatic nitrogens is 4. The highest BCUT2D eigenvalue weighted by Crippen LogP contribution is 2.13. The topological polar surface area (TPSA) is 72.7 Å². The molecule has 0 fully saturated rings. The summed E-state index contributed by atoms with van der Waals surface area (Å²) >= 11 is 0. The second-order valence-electron chi connectivity index (χ2n) is 5.66. The minimum atomic E-state index is -0.523. The molecule has 0 bridgehead atoms. The van der Waals surface area contributed by atoms with E-state index in [1.54, 1.807) is 12.1 Å². The summed E-state index contributed by atoms with van der Waals surface area (Å²) in [5, 5.41) is 14.0. The highest BCUT2D eigenvalue weighted by Gasteiger charge is 2.21. The van der Waals surface area contributed by atoms with E-state index in [0.717, 1.165) is 11.1 Å². The molecule has 25 heavy (non-hydrogen) atoms. The fourth-order valence-corrected chi connectivity index (χ4v) is 2.55. The van der Waals surface area contributed by atoms with Gasteiger partial charge in [-0.25, -0.2) is 9.07 Å². The minimum absolute atomic E-state index is 0.154. The fraction of sp³-hybridized carbons (Fsp3) is 0.222. The Morgan fingerprint density at radius 2 is 1.84 bits per heavy atom. The zero-order valence-electron chi connectivity index (χ0n) is 13.5. The van der Waals surface area contributed by atoms with Crippen molar-refractivity contribution in [2.24, 2.45) is 0 Å². The lowest BCUT2D eigenvalue weighted by Crippen LogP contribution is -2.35.